The van der Waals surface area contributed by atoms with E-state index in [4.69, 9.17) is 25.3 Å². The van der Waals surface area contributed by atoms with Crippen molar-refractivity contribution in [3.8, 4) is 11.4 Å². The predicted molar refractivity (Wildman–Crippen MR) is 99.4 cm³/mol. The van der Waals surface area contributed by atoms with Gasteiger partial charge in [0.2, 0.25) is 0 Å². The predicted octanol–water partition coefficient (Wildman–Crippen LogP) is 4.56. The van der Waals surface area contributed by atoms with Crippen molar-refractivity contribution in [3.05, 3.63) is 71.5 Å². The number of aryl methyl sites for hydroxylation is 3. The summed E-state index contributed by atoms with van der Waals surface area (Å²) in [6.07, 6.45) is 3.63. The standard InChI is InChI=1S/C12H12N2.C7H8S2.Pt/c1-9-3-5-13-11(7-9)12-8-10(2)4-6-14-12;1-5-2-3-6(8)7(9)4-5;/h3-8H,1-2H3;2-4,8-9H,1H3;/q;;+2/p-2. The fraction of sp³-hybridized carbons (Fsp3) is 0.158. The second kappa shape index (κ2) is 9.83. The van der Waals surface area contributed by atoms with E-state index in [-0.39, 0.29) is 21.1 Å². The van der Waals surface area contributed by atoms with E-state index in [9.17, 15) is 0 Å². The first-order valence-corrected chi connectivity index (χ1v) is 8.08. The molecular weight excluding hydrogens is 515 g/mol. The van der Waals surface area contributed by atoms with Crippen LogP contribution >= 0.6 is 0 Å². The second-order valence-corrected chi connectivity index (χ2v) is 6.27. The molecule has 0 spiro atoms. The van der Waals surface area contributed by atoms with Gasteiger partial charge in [-0.15, -0.1) is 0 Å². The number of rotatable bonds is 1. The summed E-state index contributed by atoms with van der Waals surface area (Å²) in [5, 5.41) is 0. The molecule has 0 aliphatic carbocycles. The van der Waals surface area contributed by atoms with E-state index in [1.807, 2.05) is 61.8 Å². The Bertz CT molecular complexity index is 763. The summed E-state index contributed by atoms with van der Waals surface area (Å²) in [6, 6.07) is 13.8. The third-order valence-electron chi connectivity index (χ3n) is 3.19. The maximum atomic E-state index is 4.94. The molecule has 0 radical (unpaired) electrons. The number of pyridine rings is 2. The molecule has 0 atom stereocenters. The van der Waals surface area contributed by atoms with Crippen LogP contribution in [-0.4, -0.2) is 9.97 Å². The molecule has 0 fully saturated rings. The van der Waals surface area contributed by atoms with Crippen molar-refractivity contribution in [2.75, 3.05) is 0 Å². The van der Waals surface area contributed by atoms with E-state index >= 15 is 0 Å². The Balaban J connectivity index is 0.000000252. The van der Waals surface area contributed by atoms with Crippen molar-refractivity contribution >= 4 is 25.3 Å². The fourth-order valence-electron chi connectivity index (χ4n) is 1.97. The van der Waals surface area contributed by atoms with Gasteiger partial charge < -0.3 is 25.3 Å². The van der Waals surface area contributed by atoms with E-state index in [1.54, 1.807) is 0 Å². The maximum Gasteiger partial charge on any atom is 2.00 e. The minimum Gasteiger partial charge on any atom is -0.781 e. The van der Waals surface area contributed by atoms with Crippen LogP contribution in [0.4, 0.5) is 0 Å². The Hall–Kier alpha value is -1.35. The minimum absolute atomic E-state index is 0. The summed E-state index contributed by atoms with van der Waals surface area (Å²) in [4.78, 5) is 10.1. The molecule has 0 amide bonds. The van der Waals surface area contributed by atoms with E-state index in [1.165, 1.54) is 16.7 Å². The molecule has 2 aromatic heterocycles. The molecule has 2 nitrogen and oxygen atoms in total. The molecular formula is C19H18N2PtS2. The molecule has 0 aliphatic rings. The van der Waals surface area contributed by atoms with Gasteiger partial charge in [-0.3, -0.25) is 9.97 Å². The smallest absolute Gasteiger partial charge is 0.781 e. The van der Waals surface area contributed by atoms with Crippen LogP contribution in [0, 0.1) is 20.8 Å². The van der Waals surface area contributed by atoms with Crippen LogP contribution < -0.4 is 0 Å². The van der Waals surface area contributed by atoms with Crippen molar-refractivity contribution < 1.29 is 21.1 Å². The molecule has 3 rings (SSSR count). The van der Waals surface area contributed by atoms with E-state index in [0.29, 0.717) is 0 Å². The number of hydrogen-bond acceptors (Lipinski definition) is 4. The Morgan fingerprint density at radius 2 is 1.08 bits per heavy atom. The van der Waals surface area contributed by atoms with Crippen molar-refractivity contribution in [2.45, 2.75) is 30.6 Å². The zero-order valence-corrected chi connectivity index (χ0v) is 17.6. The molecule has 0 saturated carbocycles. The van der Waals surface area contributed by atoms with Crippen molar-refractivity contribution in [3.63, 3.8) is 0 Å². The van der Waals surface area contributed by atoms with Gasteiger partial charge in [-0.2, -0.15) is 9.79 Å². The first-order valence-electron chi connectivity index (χ1n) is 7.26. The molecule has 3 aromatic rings. The van der Waals surface area contributed by atoms with Gasteiger partial charge in [0, 0.05) is 12.4 Å². The summed E-state index contributed by atoms with van der Waals surface area (Å²) in [5.74, 6) is 0. The first kappa shape index (κ1) is 20.7. The van der Waals surface area contributed by atoms with Gasteiger partial charge in [0.1, 0.15) is 0 Å². The van der Waals surface area contributed by atoms with E-state index < -0.39 is 0 Å². The SMILES string of the molecule is Cc1ccc([S-])c([S-])c1.Cc1ccnc(-c2cc(C)ccn2)c1.[Pt+2]. The average Bonchev–Trinajstić information content (AvgIpc) is 2.52. The normalized spacial score (nSPS) is 9.46. The second-order valence-electron chi connectivity index (χ2n) is 5.39. The summed E-state index contributed by atoms with van der Waals surface area (Å²) in [5.41, 5.74) is 5.47. The van der Waals surface area contributed by atoms with Crippen LogP contribution in [0.2, 0.25) is 0 Å². The van der Waals surface area contributed by atoms with Crippen LogP contribution in [0.15, 0.2) is 64.6 Å². The monoisotopic (exact) mass is 533 g/mol. The van der Waals surface area contributed by atoms with Gasteiger partial charge in [-0.25, -0.2) is 0 Å². The molecule has 0 aliphatic heterocycles. The molecule has 5 heteroatoms. The topological polar surface area (TPSA) is 25.8 Å². The third kappa shape index (κ3) is 6.27. The third-order valence-corrected chi connectivity index (χ3v) is 4.02. The molecule has 0 bridgehead atoms. The van der Waals surface area contributed by atoms with Gasteiger partial charge >= 0.3 is 21.1 Å². The van der Waals surface area contributed by atoms with Gasteiger partial charge in [0.25, 0.3) is 0 Å². The molecule has 126 valence electrons. The molecule has 2 heterocycles. The molecule has 1 aromatic carbocycles. The van der Waals surface area contributed by atoms with E-state index in [0.717, 1.165) is 21.2 Å². The maximum absolute atomic E-state index is 4.94. The first-order chi connectivity index (χ1) is 11.0. The quantitative estimate of drug-likeness (QED) is 0.429. The van der Waals surface area contributed by atoms with Gasteiger partial charge in [-0.05, 0) is 56.2 Å². The zero-order valence-electron chi connectivity index (χ0n) is 13.7. The van der Waals surface area contributed by atoms with Gasteiger partial charge in [-0.1, -0.05) is 23.8 Å². The van der Waals surface area contributed by atoms with Gasteiger partial charge in [0.05, 0.1) is 11.4 Å². The number of hydrogen-bond donors (Lipinski definition) is 0. The molecule has 0 saturated heterocycles. The largest absolute Gasteiger partial charge is 2.00 e. The molecule has 0 N–H and O–H groups in total. The van der Waals surface area contributed by atoms with Crippen molar-refractivity contribution in [2.24, 2.45) is 0 Å². The van der Waals surface area contributed by atoms with Crippen LogP contribution in [0.5, 0.6) is 0 Å². The molecule has 24 heavy (non-hydrogen) atoms. The summed E-state index contributed by atoms with van der Waals surface area (Å²) in [7, 11) is 0. The van der Waals surface area contributed by atoms with Crippen LogP contribution in [0.3, 0.4) is 0 Å². The van der Waals surface area contributed by atoms with E-state index in [2.05, 4.69) is 23.8 Å². The Morgan fingerprint density at radius 1 is 0.625 bits per heavy atom. The van der Waals surface area contributed by atoms with Crippen molar-refractivity contribution in [1.82, 2.24) is 9.97 Å². The average molecular weight is 534 g/mol. The number of nitrogens with zero attached hydrogens (tertiary/aromatic N) is 2. The number of aromatic nitrogens is 2. The Morgan fingerprint density at radius 3 is 1.46 bits per heavy atom. The van der Waals surface area contributed by atoms with Crippen molar-refractivity contribution in [1.29, 1.82) is 0 Å². The number of benzene rings is 1. The summed E-state index contributed by atoms with van der Waals surface area (Å²) >= 11 is 9.85. The van der Waals surface area contributed by atoms with Crippen LogP contribution in [-0.2, 0) is 46.3 Å². The van der Waals surface area contributed by atoms with Crippen LogP contribution in [0.1, 0.15) is 16.7 Å². The summed E-state index contributed by atoms with van der Waals surface area (Å²) < 4.78 is 0. The summed E-state index contributed by atoms with van der Waals surface area (Å²) in [6.45, 7) is 6.12. The zero-order chi connectivity index (χ0) is 16.8. The Labute approximate surface area is 169 Å². The minimum atomic E-state index is 0. The van der Waals surface area contributed by atoms with Crippen LogP contribution in [0.25, 0.3) is 11.4 Å². The molecule has 0 unspecified atom stereocenters. The fourth-order valence-corrected chi connectivity index (χ4v) is 2.35. The Kier molecular flexibility index (Phi) is 8.47. The van der Waals surface area contributed by atoms with Gasteiger partial charge in [0.15, 0.2) is 0 Å².